The minimum absolute atomic E-state index is 0.0304. The van der Waals surface area contributed by atoms with Gasteiger partial charge < -0.3 is 14.1 Å². The SMILES string of the molecule is CCOc1c(/C(C)=C/C(=O)N(CC)CC)cc2c(C)c(C)oc2c1C. The molecule has 0 aliphatic carbocycles. The zero-order valence-corrected chi connectivity index (χ0v) is 16.4. The van der Waals surface area contributed by atoms with Crippen molar-refractivity contribution in [2.75, 3.05) is 19.7 Å². The summed E-state index contributed by atoms with van der Waals surface area (Å²) in [6, 6.07) is 2.08. The maximum Gasteiger partial charge on any atom is 0.246 e. The Labute approximate surface area is 150 Å². The first-order chi connectivity index (χ1) is 11.8. The molecule has 4 nitrogen and oxygen atoms in total. The minimum Gasteiger partial charge on any atom is -0.493 e. The highest BCUT2D eigenvalue weighted by molar-refractivity contribution is 5.98. The van der Waals surface area contributed by atoms with Crippen LogP contribution in [0.25, 0.3) is 16.5 Å². The number of hydrogen-bond donors (Lipinski definition) is 0. The number of fused-ring (bicyclic) bond motifs is 1. The Morgan fingerprint density at radius 2 is 1.80 bits per heavy atom. The van der Waals surface area contributed by atoms with E-state index < -0.39 is 0 Å². The lowest BCUT2D eigenvalue weighted by atomic mass is 9.98. The number of hydrogen-bond acceptors (Lipinski definition) is 3. The van der Waals surface area contributed by atoms with Crippen LogP contribution < -0.4 is 4.74 Å². The van der Waals surface area contributed by atoms with Gasteiger partial charge in [-0.1, -0.05) is 0 Å². The van der Waals surface area contributed by atoms with Gasteiger partial charge in [0.05, 0.1) is 6.61 Å². The lowest BCUT2D eigenvalue weighted by Gasteiger charge is -2.18. The van der Waals surface area contributed by atoms with Crippen molar-refractivity contribution in [2.45, 2.75) is 48.5 Å². The number of allylic oxidation sites excluding steroid dienone is 1. The molecule has 25 heavy (non-hydrogen) atoms. The number of likely N-dealkylation sites (N-methyl/N-ethyl adjacent to an activating group) is 1. The molecule has 0 bridgehead atoms. The first-order valence-corrected chi connectivity index (χ1v) is 8.99. The summed E-state index contributed by atoms with van der Waals surface area (Å²) in [4.78, 5) is 14.3. The highest BCUT2D eigenvalue weighted by atomic mass is 16.5. The van der Waals surface area contributed by atoms with Crippen LogP contribution in [0, 0.1) is 20.8 Å². The van der Waals surface area contributed by atoms with Crippen molar-refractivity contribution >= 4 is 22.4 Å². The molecular weight excluding hydrogens is 314 g/mol. The number of furan rings is 1. The molecule has 0 atom stereocenters. The quantitative estimate of drug-likeness (QED) is 0.691. The number of benzene rings is 1. The summed E-state index contributed by atoms with van der Waals surface area (Å²) in [5.74, 6) is 1.74. The van der Waals surface area contributed by atoms with Gasteiger partial charge in [-0.15, -0.1) is 0 Å². The Morgan fingerprint density at radius 1 is 1.16 bits per heavy atom. The van der Waals surface area contributed by atoms with Crippen LogP contribution in [-0.2, 0) is 4.79 Å². The molecule has 0 aliphatic rings. The molecule has 0 fully saturated rings. The molecule has 1 heterocycles. The molecular formula is C21H29NO3. The van der Waals surface area contributed by atoms with Gasteiger partial charge in [0.1, 0.15) is 17.1 Å². The van der Waals surface area contributed by atoms with Crippen molar-refractivity contribution in [3.8, 4) is 5.75 Å². The first kappa shape index (κ1) is 19.1. The Balaban J connectivity index is 2.64. The van der Waals surface area contributed by atoms with E-state index in [1.165, 1.54) is 0 Å². The Hall–Kier alpha value is -2.23. The van der Waals surface area contributed by atoms with Crippen LogP contribution in [-0.4, -0.2) is 30.5 Å². The zero-order valence-electron chi connectivity index (χ0n) is 16.4. The number of carbonyl (C=O) groups excluding carboxylic acids is 1. The van der Waals surface area contributed by atoms with Crippen molar-refractivity contribution in [1.82, 2.24) is 4.90 Å². The lowest BCUT2D eigenvalue weighted by molar-refractivity contribution is -0.125. The summed E-state index contributed by atoms with van der Waals surface area (Å²) in [5.41, 5.74) is 4.84. The molecule has 1 aromatic carbocycles. The average molecular weight is 343 g/mol. The largest absolute Gasteiger partial charge is 0.493 e. The second kappa shape index (κ2) is 7.77. The molecule has 4 heteroatoms. The molecule has 0 N–H and O–H groups in total. The summed E-state index contributed by atoms with van der Waals surface area (Å²) < 4.78 is 11.8. The molecule has 0 aliphatic heterocycles. The van der Waals surface area contributed by atoms with Gasteiger partial charge in [-0.2, -0.15) is 0 Å². The number of nitrogens with zero attached hydrogens (tertiary/aromatic N) is 1. The summed E-state index contributed by atoms with van der Waals surface area (Å²) in [5, 5.41) is 1.08. The van der Waals surface area contributed by atoms with Crippen LogP contribution in [0.5, 0.6) is 5.75 Å². The summed E-state index contributed by atoms with van der Waals surface area (Å²) in [7, 11) is 0. The second-order valence-electron chi connectivity index (χ2n) is 6.31. The topological polar surface area (TPSA) is 42.7 Å². The van der Waals surface area contributed by atoms with Crippen LogP contribution in [0.1, 0.15) is 50.1 Å². The standard InChI is InChI=1S/C21H29NO3/c1-8-22(9-2)19(23)11-13(4)17-12-18-14(5)16(7)25-21(18)15(6)20(17)24-10-3/h11-12H,8-10H2,1-7H3/b13-11+. The van der Waals surface area contributed by atoms with E-state index >= 15 is 0 Å². The molecule has 1 aromatic heterocycles. The van der Waals surface area contributed by atoms with E-state index in [9.17, 15) is 4.79 Å². The third-order valence-corrected chi connectivity index (χ3v) is 4.77. The fourth-order valence-corrected chi connectivity index (χ4v) is 3.12. The van der Waals surface area contributed by atoms with Crippen molar-refractivity contribution in [1.29, 1.82) is 0 Å². The predicted molar refractivity (Wildman–Crippen MR) is 103 cm³/mol. The fraction of sp³-hybridized carbons (Fsp3) is 0.476. The summed E-state index contributed by atoms with van der Waals surface area (Å²) in [6.07, 6.45) is 1.71. The Bertz CT molecular complexity index is 810. The molecule has 0 saturated heterocycles. The molecule has 0 saturated carbocycles. The number of carbonyl (C=O) groups is 1. The van der Waals surface area contributed by atoms with Crippen LogP contribution in [0.2, 0.25) is 0 Å². The maximum atomic E-state index is 12.5. The van der Waals surface area contributed by atoms with E-state index in [0.29, 0.717) is 19.7 Å². The molecule has 136 valence electrons. The summed E-state index contributed by atoms with van der Waals surface area (Å²) >= 11 is 0. The number of ether oxygens (including phenoxy) is 1. The number of rotatable bonds is 6. The van der Waals surface area contributed by atoms with Crippen LogP contribution in [0.4, 0.5) is 0 Å². The van der Waals surface area contributed by atoms with Crippen molar-refractivity contribution in [3.63, 3.8) is 0 Å². The van der Waals surface area contributed by atoms with E-state index in [2.05, 4.69) is 13.0 Å². The van der Waals surface area contributed by atoms with Crippen molar-refractivity contribution in [3.05, 3.63) is 34.6 Å². The van der Waals surface area contributed by atoms with Gasteiger partial charge in [0, 0.05) is 35.7 Å². The fourth-order valence-electron chi connectivity index (χ4n) is 3.12. The normalized spacial score (nSPS) is 11.9. The third-order valence-electron chi connectivity index (χ3n) is 4.77. The molecule has 2 rings (SSSR count). The van der Waals surface area contributed by atoms with Gasteiger partial charge >= 0.3 is 0 Å². The monoisotopic (exact) mass is 343 g/mol. The van der Waals surface area contributed by atoms with Crippen LogP contribution in [0.15, 0.2) is 16.6 Å². The highest BCUT2D eigenvalue weighted by Gasteiger charge is 2.19. The van der Waals surface area contributed by atoms with Gasteiger partial charge in [-0.25, -0.2) is 0 Å². The van der Waals surface area contributed by atoms with Gasteiger partial charge in [0.2, 0.25) is 5.91 Å². The second-order valence-corrected chi connectivity index (χ2v) is 6.31. The number of aryl methyl sites for hydroxylation is 3. The maximum absolute atomic E-state index is 12.5. The van der Waals surface area contributed by atoms with Crippen LogP contribution in [0.3, 0.4) is 0 Å². The average Bonchev–Trinajstić information content (AvgIpc) is 2.86. The van der Waals surface area contributed by atoms with E-state index in [-0.39, 0.29) is 5.91 Å². The van der Waals surface area contributed by atoms with Gasteiger partial charge in [0.15, 0.2) is 0 Å². The molecule has 1 amide bonds. The number of amides is 1. The van der Waals surface area contributed by atoms with E-state index in [4.69, 9.17) is 9.15 Å². The Morgan fingerprint density at radius 3 is 2.36 bits per heavy atom. The molecule has 0 spiro atoms. The molecule has 0 unspecified atom stereocenters. The van der Waals surface area contributed by atoms with E-state index in [0.717, 1.165) is 44.7 Å². The van der Waals surface area contributed by atoms with E-state index in [1.54, 1.807) is 6.08 Å². The van der Waals surface area contributed by atoms with Gasteiger partial charge in [-0.3, -0.25) is 4.79 Å². The van der Waals surface area contributed by atoms with Crippen molar-refractivity contribution < 1.29 is 13.9 Å². The third kappa shape index (κ3) is 3.58. The minimum atomic E-state index is 0.0304. The smallest absolute Gasteiger partial charge is 0.246 e. The molecule has 0 radical (unpaired) electrons. The lowest BCUT2D eigenvalue weighted by Crippen LogP contribution is -2.28. The van der Waals surface area contributed by atoms with Crippen molar-refractivity contribution in [2.24, 2.45) is 0 Å². The van der Waals surface area contributed by atoms with E-state index in [1.807, 2.05) is 46.4 Å². The first-order valence-electron chi connectivity index (χ1n) is 8.99. The van der Waals surface area contributed by atoms with Crippen LogP contribution >= 0.6 is 0 Å². The predicted octanol–water partition coefficient (Wildman–Crippen LogP) is 5.03. The summed E-state index contributed by atoms with van der Waals surface area (Å²) in [6.45, 7) is 15.9. The molecule has 2 aromatic rings. The Kier molecular flexibility index (Phi) is 5.93. The zero-order chi connectivity index (χ0) is 18.7. The highest BCUT2D eigenvalue weighted by Crippen LogP contribution is 2.38. The van der Waals surface area contributed by atoms with Gasteiger partial charge in [0.25, 0.3) is 0 Å². The van der Waals surface area contributed by atoms with Gasteiger partial charge in [-0.05, 0) is 65.7 Å².